The number of hydrogen-bond donors (Lipinski definition) is 2. The predicted molar refractivity (Wildman–Crippen MR) is 124 cm³/mol. The summed E-state index contributed by atoms with van der Waals surface area (Å²) in [6, 6.07) is 15.1. The van der Waals surface area contributed by atoms with Gasteiger partial charge in [0, 0.05) is 31.9 Å². The summed E-state index contributed by atoms with van der Waals surface area (Å²) < 4.78 is 10.7. The molecule has 2 aliphatic rings. The van der Waals surface area contributed by atoms with Gasteiger partial charge in [-0.3, -0.25) is 9.59 Å². The van der Waals surface area contributed by atoms with Crippen LogP contribution in [-0.4, -0.2) is 78.4 Å². The molecule has 1 saturated heterocycles. The van der Waals surface area contributed by atoms with Crippen LogP contribution in [0, 0.1) is 0 Å². The van der Waals surface area contributed by atoms with Crippen molar-refractivity contribution in [1.82, 2.24) is 10.2 Å². The zero-order valence-corrected chi connectivity index (χ0v) is 19.0. The second kappa shape index (κ2) is 10.3. The Labute approximate surface area is 196 Å². The first-order chi connectivity index (χ1) is 16.0. The van der Waals surface area contributed by atoms with E-state index in [-0.39, 0.29) is 31.6 Å². The molecular formula is C24H26N2O6S. The predicted octanol–water partition coefficient (Wildman–Crippen LogP) is 2.57. The van der Waals surface area contributed by atoms with E-state index in [1.54, 1.807) is 0 Å². The third-order valence-electron chi connectivity index (χ3n) is 5.92. The van der Waals surface area contributed by atoms with E-state index in [0.717, 1.165) is 22.3 Å². The molecule has 0 radical (unpaired) electrons. The maximum absolute atomic E-state index is 13.0. The Hall–Kier alpha value is -3.04. The number of nitrogens with zero attached hydrogens (tertiary/aromatic N) is 1. The van der Waals surface area contributed by atoms with Crippen molar-refractivity contribution >= 4 is 29.7 Å². The van der Waals surface area contributed by atoms with Crippen molar-refractivity contribution in [3.8, 4) is 11.1 Å². The van der Waals surface area contributed by atoms with E-state index in [0.29, 0.717) is 12.3 Å². The van der Waals surface area contributed by atoms with E-state index < -0.39 is 23.4 Å². The smallest absolute Gasteiger partial charge is 0.407 e. The van der Waals surface area contributed by atoms with Gasteiger partial charge in [-0.1, -0.05) is 48.5 Å². The van der Waals surface area contributed by atoms with Gasteiger partial charge in [0.25, 0.3) is 0 Å². The number of fused-ring (bicyclic) bond motifs is 3. The maximum atomic E-state index is 13.0. The second-order valence-corrected chi connectivity index (χ2v) is 9.27. The highest BCUT2D eigenvalue weighted by molar-refractivity contribution is 8.00. The molecule has 9 heteroatoms. The monoisotopic (exact) mass is 470 g/mol. The van der Waals surface area contributed by atoms with Crippen LogP contribution in [0.25, 0.3) is 11.1 Å². The van der Waals surface area contributed by atoms with Crippen molar-refractivity contribution in [1.29, 1.82) is 0 Å². The van der Waals surface area contributed by atoms with Crippen LogP contribution < -0.4 is 5.32 Å². The molecule has 4 rings (SSSR count). The standard InChI is InChI=1S/C24H26N2O6S/c1-31-14-20(22(27)26-10-11-33-21(12-26)23(28)29)25-24(30)32-13-19-17-8-4-2-6-15(17)16-7-3-5-9-18(16)19/h2-9,19-21H,10-14H2,1H3,(H,25,30)(H,28,29). The summed E-state index contributed by atoms with van der Waals surface area (Å²) >= 11 is 1.31. The number of nitrogens with one attached hydrogen (secondary N) is 1. The molecule has 33 heavy (non-hydrogen) atoms. The molecule has 1 aliphatic carbocycles. The van der Waals surface area contributed by atoms with Crippen LogP contribution in [0.2, 0.25) is 0 Å². The Morgan fingerprint density at radius 3 is 2.36 bits per heavy atom. The summed E-state index contributed by atoms with van der Waals surface area (Å²) in [5, 5.41) is 11.2. The number of carbonyl (C=O) groups excluding carboxylic acids is 2. The van der Waals surface area contributed by atoms with Crippen molar-refractivity contribution in [2.24, 2.45) is 0 Å². The number of benzene rings is 2. The van der Waals surface area contributed by atoms with Gasteiger partial charge in [-0.05, 0) is 22.3 Å². The van der Waals surface area contributed by atoms with Crippen molar-refractivity contribution in [2.45, 2.75) is 17.2 Å². The highest BCUT2D eigenvalue weighted by Crippen LogP contribution is 2.44. The lowest BCUT2D eigenvalue weighted by molar-refractivity contribution is -0.139. The molecule has 1 fully saturated rings. The van der Waals surface area contributed by atoms with Gasteiger partial charge in [0.15, 0.2) is 0 Å². The van der Waals surface area contributed by atoms with E-state index >= 15 is 0 Å². The van der Waals surface area contributed by atoms with E-state index in [9.17, 15) is 19.5 Å². The highest BCUT2D eigenvalue weighted by atomic mass is 32.2. The van der Waals surface area contributed by atoms with Crippen LogP contribution in [0.4, 0.5) is 4.79 Å². The third-order valence-corrected chi connectivity index (χ3v) is 7.09. The molecule has 1 aliphatic heterocycles. The Kier molecular flexibility index (Phi) is 7.20. The number of hydrogen-bond acceptors (Lipinski definition) is 6. The number of aliphatic carboxylic acids is 1. The number of carboxylic acid groups (broad SMARTS) is 1. The molecule has 0 saturated carbocycles. The minimum Gasteiger partial charge on any atom is -0.480 e. The maximum Gasteiger partial charge on any atom is 0.407 e. The van der Waals surface area contributed by atoms with E-state index in [2.05, 4.69) is 17.4 Å². The average molecular weight is 471 g/mol. The first-order valence-corrected chi connectivity index (χ1v) is 11.8. The van der Waals surface area contributed by atoms with Crippen LogP contribution in [0.1, 0.15) is 17.0 Å². The van der Waals surface area contributed by atoms with Crippen molar-refractivity contribution < 1.29 is 29.0 Å². The Bertz CT molecular complexity index is 1000. The van der Waals surface area contributed by atoms with Gasteiger partial charge in [0.1, 0.15) is 17.9 Å². The molecule has 1 heterocycles. The first kappa shape index (κ1) is 23.1. The quantitative estimate of drug-likeness (QED) is 0.641. The Balaban J connectivity index is 1.40. The van der Waals surface area contributed by atoms with Crippen LogP contribution in [0.15, 0.2) is 48.5 Å². The van der Waals surface area contributed by atoms with Gasteiger partial charge in [-0.15, -0.1) is 11.8 Å². The lowest BCUT2D eigenvalue weighted by Gasteiger charge is -2.33. The van der Waals surface area contributed by atoms with Crippen LogP contribution in [0.5, 0.6) is 0 Å². The summed E-state index contributed by atoms with van der Waals surface area (Å²) in [5.74, 6) is -0.898. The SMILES string of the molecule is COCC(NC(=O)OCC1c2ccccc2-c2ccccc21)C(=O)N1CCSC(C(=O)O)C1. The molecule has 0 bridgehead atoms. The number of rotatable bonds is 7. The molecule has 0 aromatic heterocycles. The fourth-order valence-electron chi connectivity index (χ4n) is 4.34. The molecular weight excluding hydrogens is 444 g/mol. The number of thioether (sulfide) groups is 1. The molecule has 2 N–H and O–H groups in total. The zero-order chi connectivity index (χ0) is 23.4. The van der Waals surface area contributed by atoms with Crippen LogP contribution >= 0.6 is 11.8 Å². The van der Waals surface area contributed by atoms with Crippen molar-refractivity contribution in [2.75, 3.05) is 39.2 Å². The number of carboxylic acids is 1. The number of alkyl carbamates (subject to hydrolysis) is 1. The zero-order valence-electron chi connectivity index (χ0n) is 18.2. The van der Waals surface area contributed by atoms with E-state index in [1.807, 2.05) is 36.4 Å². The molecule has 8 nitrogen and oxygen atoms in total. The van der Waals surface area contributed by atoms with Crippen LogP contribution in [-0.2, 0) is 19.1 Å². The molecule has 2 atom stereocenters. The van der Waals surface area contributed by atoms with Gasteiger partial charge in [0.05, 0.1) is 6.61 Å². The van der Waals surface area contributed by atoms with Gasteiger partial charge < -0.3 is 24.8 Å². The molecule has 2 aromatic rings. The van der Waals surface area contributed by atoms with Gasteiger partial charge >= 0.3 is 12.1 Å². The number of ether oxygens (including phenoxy) is 2. The molecule has 174 valence electrons. The normalized spacial score (nSPS) is 18.2. The lowest BCUT2D eigenvalue weighted by atomic mass is 9.98. The number of carbonyl (C=O) groups is 3. The summed E-state index contributed by atoms with van der Waals surface area (Å²) in [7, 11) is 1.44. The average Bonchev–Trinajstić information content (AvgIpc) is 3.16. The number of methoxy groups -OCH3 is 1. The summed E-state index contributed by atoms with van der Waals surface area (Å²) in [4.78, 5) is 38.3. The Morgan fingerprint density at radius 2 is 1.76 bits per heavy atom. The van der Waals surface area contributed by atoms with Crippen LogP contribution in [0.3, 0.4) is 0 Å². The molecule has 2 amide bonds. The molecule has 0 spiro atoms. The summed E-state index contributed by atoms with van der Waals surface area (Å²) in [5.41, 5.74) is 4.46. The topological polar surface area (TPSA) is 105 Å². The Morgan fingerprint density at radius 1 is 1.12 bits per heavy atom. The van der Waals surface area contributed by atoms with E-state index in [1.165, 1.54) is 23.8 Å². The van der Waals surface area contributed by atoms with Gasteiger partial charge in [0.2, 0.25) is 5.91 Å². The lowest BCUT2D eigenvalue weighted by Crippen LogP contribution is -2.54. The van der Waals surface area contributed by atoms with E-state index in [4.69, 9.17) is 9.47 Å². The minimum atomic E-state index is -0.955. The summed E-state index contributed by atoms with van der Waals surface area (Å²) in [6.07, 6.45) is -0.714. The fraction of sp³-hybridized carbons (Fsp3) is 0.375. The molecule has 2 aromatic carbocycles. The summed E-state index contributed by atoms with van der Waals surface area (Å²) in [6.45, 7) is 0.602. The van der Waals surface area contributed by atoms with Crippen molar-refractivity contribution in [3.05, 3.63) is 59.7 Å². The van der Waals surface area contributed by atoms with Crippen molar-refractivity contribution in [3.63, 3.8) is 0 Å². The van der Waals surface area contributed by atoms with Gasteiger partial charge in [-0.25, -0.2) is 4.79 Å². The third kappa shape index (κ3) is 4.99. The van der Waals surface area contributed by atoms with Gasteiger partial charge in [-0.2, -0.15) is 0 Å². The number of amides is 2. The second-order valence-electron chi connectivity index (χ2n) is 7.96. The fourth-order valence-corrected chi connectivity index (χ4v) is 5.38. The minimum absolute atomic E-state index is 0.0373. The molecule has 2 unspecified atom stereocenters. The first-order valence-electron chi connectivity index (χ1n) is 10.7. The highest BCUT2D eigenvalue weighted by Gasteiger charge is 2.34. The largest absolute Gasteiger partial charge is 0.480 e.